The normalized spacial score (nSPS) is 17.6. The maximum Gasteiger partial charge on any atom is 0.0946 e. The van der Waals surface area contributed by atoms with E-state index in [0.29, 0.717) is 0 Å². The predicted molar refractivity (Wildman–Crippen MR) is 34.5 cm³/mol. The Bertz CT molecular complexity index is 156. The first-order valence-corrected chi connectivity index (χ1v) is 2.42. The molecule has 0 N–H and O–H groups in total. The van der Waals surface area contributed by atoms with Gasteiger partial charge in [-0.3, -0.25) is 0 Å². The molecule has 0 amide bonds. The van der Waals surface area contributed by atoms with Crippen molar-refractivity contribution >= 4 is 6.34 Å². The van der Waals surface area contributed by atoms with E-state index in [1.165, 1.54) is 0 Å². The maximum atomic E-state index is 3.87. The second-order valence-corrected chi connectivity index (χ2v) is 1.68. The fraction of sp³-hybridized carbons (Fsp3) is 0.167. The fourth-order valence-electron chi connectivity index (χ4n) is 0.459. The number of allylic oxidation sites excluding steroid dienone is 1. The van der Waals surface area contributed by atoms with Crippen LogP contribution in [0.25, 0.3) is 0 Å². The molecule has 2 heteroatoms. The van der Waals surface area contributed by atoms with E-state index in [2.05, 4.69) is 11.6 Å². The van der Waals surface area contributed by atoms with Crippen molar-refractivity contribution in [2.45, 2.75) is 0 Å². The Morgan fingerprint density at radius 1 is 1.75 bits per heavy atom. The van der Waals surface area contributed by atoms with Gasteiger partial charge in [0.1, 0.15) is 0 Å². The van der Waals surface area contributed by atoms with Crippen LogP contribution in [0.4, 0.5) is 0 Å². The van der Waals surface area contributed by atoms with Crippen LogP contribution < -0.4 is 0 Å². The van der Waals surface area contributed by atoms with Crippen LogP contribution in [0.1, 0.15) is 0 Å². The largest absolute Gasteiger partial charge is 0.336 e. The fourth-order valence-corrected chi connectivity index (χ4v) is 0.459. The van der Waals surface area contributed by atoms with Crippen molar-refractivity contribution in [3.05, 3.63) is 24.6 Å². The lowest BCUT2D eigenvalue weighted by Crippen LogP contribution is -2.14. The van der Waals surface area contributed by atoms with Gasteiger partial charge in [0, 0.05) is 18.9 Å². The van der Waals surface area contributed by atoms with E-state index in [1.807, 2.05) is 18.0 Å². The lowest BCUT2D eigenvalue weighted by molar-refractivity contribution is 0.664. The van der Waals surface area contributed by atoms with Crippen molar-refractivity contribution in [2.75, 3.05) is 7.05 Å². The lowest BCUT2D eigenvalue weighted by Gasteiger charge is -2.14. The molecule has 1 aliphatic heterocycles. The van der Waals surface area contributed by atoms with Crippen molar-refractivity contribution < 1.29 is 0 Å². The SMILES string of the molecule is C=C1C=CN=CN1C. The molecule has 0 fully saturated rings. The maximum absolute atomic E-state index is 3.87. The van der Waals surface area contributed by atoms with Gasteiger partial charge in [0.15, 0.2) is 0 Å². The summed E-state index contributed by atoms with van der Waals surface area (Å²) in [5.74, 6) is 0. The molecule has 1 heterocycles. The Kier molecular flexibility index (Phi) is 1.16. The minimum atomic E-state index is 0.972. The number of likely N-dealkylation sites (N-methyl/N-ethyl adjacent to an activating group) is 1. The topological polar surface area (TPSA) is 15.6 Å². The number of aliphatic imine (C=N–C) groups is 1. The van der Waals surface area contributed by atoms with Crippen molar-refractivity contribution in [1.29, 1.82) is 0 Å². The Hall–Kier alpha value is -1.05. The van der Waals surface area contributed by atoms with E-state index >= 15 is 0 Å². The summed E-state index contributed by atoms with van der Waals surface area (Å²) in [7, 11) is 1.91. The molecule has 0 saturated heterocycles. The van der Waals surface area contributed by atoms with Gasteiger partial charge in [-0.1, -0.05) is 6.58 Å². The first-order chi connectivity index (χ1) is 3.80. The van der Waals surface area contributed by atoms with Crippen molar-refractivity contribution in [1.82, 2.24) is 4.90 Å². The third-order valence-electron chi connectivity index (χ3n) is 1.05. The van der Waals surface area contributed by atoms with E-state index in [0.717, 1.165) is 5.70 Å². The van der Waals surface area contributed by atoms with E-state index in [-0.39, 0.29) is 0 Å². The van der Waals surface area contributed by atoms with E-state index < -0.39 is 0 Å². The highest BCUT2D eigenvalue weighted by Crippen LogP contribution is 2.00. The first kappa shape index (κ1) is 5.09. The molecule has 2 nitrogen and oxygen atoms in total. The molecular formula is C6H8N2. The number of nitrogens with zero attached hydrogens (tertiary/aromatic N) is 2. The zero-order chi connectivity index (χ0) is 5.98. The quantitative estimate of drug-likeness (QED) is 0.451. The van der Waals surface area contributed by atoms with E-state index in [9.17, 15) is 0 Å². The third-order valence-corrected chi connectivity index (χ3v) is 1.05. The van der Waals surface area contributed by atoms with Gasteiger partial charge in [0.25, 0.3) is 0 Å². The Morgan fingerprint density at radius 3 is 2.88 bits per heavy atom. The molecule has 0 aromatic carbocycles. The lowest BCUT2D eigenvalue weighted by atomic mass is 10.4. The average molecular weight is 108 g/mol. The van der Waals surface area contributed by atoms with Crippen LogP contribution in [0.3, 0.4) is 0 Å². The zero-order valence-corrected chi connectivity index (χ0v) is 4.83. The van der Waals surface area contributed by atoms with Crippen molar-refractivity contribution in [3.63, 3.8) is 0 Å². The summed E-state index contributed by atoms with van der Waals surface area (Å²) in [4.78, 5) is 5.73. The predicted octanol–water partition coefficient (Wildman–Crippen LogP) is 0.987. The molecular weight excluding hydrogens is 100 g/mol. The van der Waals surface area contributed by atoms with E-state index in [1.54, 1.807) is 12.5 Å². The first-order valence-electron chi connectivity index (χ1n) is 2.42. The van der Waals surface area contributed by atoms with Crippen LogP contribution in [-0.2, 0) is 0 Å². The molecule has 0 aromatic heterocycles. The number of hydrogen-bond acceptors (Lipinski definition) is 2. The summed E-state index contributed by atoms with van der Waals surface area (Å²) in [6, 6.07) is 0. The molecule has 0 spiro atoms. The second-order valence-electron chi connectivity index (χ2n) is 1.68. The summed E-state index contributed by atoms with van der Waals surface area (Å²) in [5.41, 5.74) is 0.972. The Morgan fingerprint density at radius 2 is 2.50 bits per heavy atom. The monoisotopic (exact) mass is 108 g/mol. The summed E-state index contributed by atoms with van der Waals surface area (Å²) in [5, 5.41) is 0. The summed E-state index contributed by atoms with van der Waals surface area (Å²) in [6.45, 7) is 3.74. The van der Waals surface area contributed by atoms with Gasteiger partial charge < -0.3 is 4.90 Å². The molecule has 1 aliphatic rings. The Labute approximate surface area is 48.8 Å². The van der Waals surface area contributed by atoms with Gasteiger partial charge >= 0.3 is 0 Å². The minimum absolute atomic E-state index is 0.972. The standard InChI is InChI=1S/C6H8N2/c1-6-3-4-7-5-8(6)2/h3-5H,1H2,2H3. The molecule has 0 bridgehead atoms. The molecule has 1 rings (SSSR count). The molecule has 0 aromatic rings. The van der Waals surface area contributed by atoms with Gasteiger partial charge in [-0.2, -0.15) is 0 Å². The van der Waals surface area contributed by atoms with Crippen LogP contribution in [0, 0.1) is 0 Å². The molecule has 0 radical (unpaired) electrons. The van der Waals surface area contributed by atoms with Gasteiger partial charge in [0.2, 0.25) is 0 Å². The molecule has 0 atom stereocenters. The molecule has 0 aliphatic carbocycles. The van der Waals surface area contributed by atoms with Crippen LogP contribution in [0.15, 0.2) is 29.5 Å². The third kappa shape index (κ3) is 0.780. The van der Waals surface area contributed by atoms with Crippen molar-refractivity contribution in [3.8, 4) is 0 Å². The molecule has 0 saturated carbocycles. The highest BCUT2D eigenvalue weighted by molar-refractivity contribution is 5.61. The number of hydrogen-bond donors (Lipinski definition) is 0. The molecule has 0 unspecified atom stereocenters. The summed E-state index contributed by atoms with van der Waals surface area (Å²) < 4.78 is 0. The average Bonchev–Trinajstić information content (AvgIpc) is 1.77. The highest BCUT2D eigenvalue weighted by atomic mass is 15.1. The smallest absolute Gasteiger partial charge is 0.0946 e. The summed E-state index contributed by atoms with van der Waals surface area (Å²) >= 11 is 0. The summed E-state index contributed by atoms with van der Waals surface area (Å²) in [6.07, 6.45) is 5.31. The number of rotatable bonds is 0. The van der Waals surface area contributed by atoms with Gasteiger partial charge in [-0.25, -0.2) is 4.99 Å². The second kappa shape index (κ2) is 1.82. The van der Waals surface area contributed by atoms with Crippen LogP contribution >= 0.6 is 0 Å². The van der Waals surface area contributed by atoms with Crippen LogP contribution in [-0.4, -0.2) is 18.3 Å². The zero-order valence-electron chi connectivity index (χ0n) is 4.83. The highest BCUT2D eigenvalue weighted by Gasteiger charge is 1.94. The van der Waals surface area contributed by atoms with E-state index in [4.69, 9.17) is 0 Å². The Balaban J connectivity index is 2.74. The van der Waals surface area contributed by atoms with Crippen LogP contribution in [0.2, 0.25) is 0 Å². The van der Waals surface area contributed by atoms with Crippen LogP contribution in [0.5, 0.6) is 0 Å². The van der Waals surface area contributed by atoms with Gasteiger partial charge in [-0.15, -0.1) is 0 Å². The van der Waals surface area contributed by atoms with Gasteiger partial charge in [0.05, 0.1) is 6.34 Å². The minimum Gasteiger partial charge on any atom is -0.336 e. The van der Waals surface area contributed by atoms with Gasteiger partial charge in [-0.05, 0) is 6.08 Å². The van der Waals surface area contributed by atoms with Crippen molar-refractivity contribution in [2.24, 2.45) is 4.99 Å². The molecule has 8 heavy (non-hydrogen) atoms. The molecule has 42 valence electrons.